The molecule has 0 bridgehead atoms. The number of carbonyl (C=O) groups excluding carboxylic acids is 2. The van der Waals surface area contributed by atoms with Crippen molar-refractivity contribution in [2.75, 3.05) is 25.0 Å². The second kappa shape index (κ2) is 5.35. The molecule has 6 nitrogen and oxygen atoms in total. The molecule has 7 heteroatoms. The summed E-state index contributed by atoms with van der Waals surface area (Å²) >= 11 is 1.16. The number of anilines is 1. The van der Waals surface area contributed by atoms with E-state index in [1.807, 2.05) is 0 Å². The van der Waals surface area contributed by atoms with Gasteiger partial charge in [0, 0.05) is 20.0 Å². The summed E-state index contributed by atoms with van der Waals surface area (Å²) in [5.41, 5.74) is 0. The summed E-state index contributed by atoms with van der Waals surface area (Å²) in [6, 6.07) is 0. The molecule has 0 spiro atoms. The number of nitrogens with zero attached hydrogens (tertiary/aromatic N) is 1. The normalized spacial score (nSPS) is 19.9. The van der Waals surface area contributed by atoms with Gasteiger partial charge in [-0.1, -0.05) is 11.3 Å². The van der Waals surface area contributed by atoms with E-state index in [9.17, 15) is 9.59 Å². The van der Waals surface area contributed by atoms with Gasteiger partial charge in [0.05, 0.1) is 17.7 Å². The third-order valence-corrected chi connectivity index (χ3v) is 3.32. The minimum Gasteiger partial charge on any atom is -0.366 e. The number of Topliss-reactive ketones (excluding diaryl/α,β-unsaturated/α-hetero) is 1. The Morgan fingerprint density at radius 3 is 3.06 bits per heavy atom. The molecule has 1 aromatic rings. The zero-order chi connectivity index (χ0) is 12.3. The van der Waals surface area contributed by atoms with Crippen LogP contribution in [0.4, 0.5) is 5.13 Å². The van der Waals surface area contributed by atoms with Crippen molar-refractivity contribution in [3.63, 3.8) is 0 Å². The first kappa shape index (κ1) is 12.2. The number of hydrogen-bond acceptors (Lipinski definition) is 6. The topological polar surface area (TPSA) is 80.3 Å². The maximum Gasteiger partial charge on any atom is 0.256 e. The molecule has 1 aliphatic rings. The monoisotopic (exact) mass is 255 g/mol. The second-order valence-corrected chi connectivity index (χ2v) is 4.67. The van der Waals surface area contributed by atoms with Crippen molar-refractivity contribution in [1.82, 2.24) is 10.3 Å². The van der Waals surface area contributed by atoms with E-state index in [1.165, 1.54) is 13.1 Å². The Kier molecular flexibility index (Phi) is 3.82. The highest BCUT2D eigenvalue weighted by molar-refractivity contribution is 7.17. The summed E-state index contributed by atoms with van der Waals surface area (Å²) in [7, 11) is 0. The molecular weight excluding hydrogens is 242 g/mol. The average Bonchev–Trinajstić information content (AvgIpc) is 2.79. The summed E-state index contributed by atoms with van der Waals surface area (Å²) in [6.07, 6.45) is 0.969. The molecule has 1 aliphatic heterocycles. The molecule has 2 heterocycles. The minimum atomic E-state index is -0.492. The molecule has 2 N–H and O–H groups in total. The van der Waals surface area contributed by atoms with Crippen LogP contribution in [0.1, 0.15) is 16.6 Å². The highest BCUT2D eigenvalue weighted by Crippen LogP contribution is 2.18. The summed E-state index contributed by atoms with van der Waals surface area (Å²) < 4.78 is 5.30. The molecule has 1 saturated heterocycles. The van der Waals surface area contributed by atoms with Crippen molar-refractivity contribution in [1.29, 1.82) is 0 Å². The largest absolute Gasteiger partial charge is 0.366 e. The van der Waals surface area contributed by atoms with Crippen LogP contribution in [0.15, 0.2) is 6.20 Å². The summed E-state index contributed by atoms with van der Waals surface area (Å²) in [5.74, 6) is -0.291. The lowest BCUT2D eigenvalue weighted by Gasteiger charge is -2.22. The average molecular weight is 255 g/mol. The number of thiazole rings is 1. The summed E-state index contributed by atoms with van der Waals surface area (Å²) in [4.78, 5) is 27.3. The molecule has 1 aromatic heterocycles. The second-order valence-electron chi connectivity index (χ2n) is 3.64. The lowest BCUT2D eigenvalue weighted by molar-refractivity contribution is -0.128. The van der Waals surface area contributed by atoms with E-state index < -0.39 is 6.10 Å². The fourth-order valence-corrected chi connectivity index (χ4v) is 2.13. The Hall–Kier alpha value is -1.31. The highest BCUT2D eigenvalue weighted by atomic mass is 32.1. The van der Waals surface area contributed by atoms with E-state index in [-0.39, 0.29) is 11.7 Å². The van der Waals surface area contributed by atoms with Crippen molar-refractivity contribution in [2.45, 2.75) is 13.0 Å². The molecule has 92 valence electrons. The molecule has 0 aromatic carbocycles. The predicted octanol–water partition coefficient (Wildman–Crippen LogP) is 0.273. The van der Waals surface area contributed by atoms with Crippen LogP contribution in [0.2, 0.25) is 0 Å². The van der Waals surface area contributed by atoms with Gasteiger partial charge in [-0.3, -0.25) is 14.9 Å². The Bertz CT molecular complexity index is 426. The Morgan fingerprint density at radius 1 is 1.65 bits per heavy atom. The van der Waals surface area contributed by atoms with Crippen molar-refractivity contribution in [2.24, 2.45) is 0 Å². The van der Waals surface area contributed by atoms with Gasteiger partial charge in [-0.05, 0) is 0 Å². The fraction of sp³-hybridized carbons (Fsp3) is 0.500. The van der Waals surface area contributed by atoms with Gasteiger partial charge in [0.2, 0.25) is 0 Å². The predicted molar refractivity (Wildman–Crippen MR) is 63.4 cm³/mol. The molecule has 1 unspecified atom stereocenters. The molecule has 0 aliphatic carbocycles. The summed E-state index contributed by atoms with van der Waals surface area (Å²) in [6.45, 7) is 3.24. The van der Waals surface area contributed by atoms with Crippen LogP contribution >= 0.6 is 11.3 Å². The molecular formula is C10H13N3O3S. The van der Waals surface area contributed by atoms with Crippen molar-refractivity contribution in [3.05, 3.63) is 11.1 Å². The Balaban J connectivity index is 1.94. The quantitative estimate of drug-likeness (QED) is 0.758. The van der Waals surface area contributed by atoms with E-state index >= 15 is 0 Å². The lowest BCUT2D eigenvalue weighted by atomic mass is 10.3. The van der Waals surface area contributed by atoms with E-state index in [4.69, 9.17) is 4.74 Å². The van der Waals surface area contributed by atoms with Crippen molar-refractivity contribution in [3.8, 4) is 0 Å². The fourth-order valence-electron chi connectivity index (χ4n) is 1.41. The van der Waals surface area contributed by atoms with E-state index in [1.54, 1.807) is 0 Å². The molecule has 1 amide bonds. The number of carbonyl (C=O) groups is 2. The smallest absolute Gasteiger partial charge is 0.256 e. The number of nitrogens with one attached hydrogen (secondary N) is 2. The third kappa shape index (κ3) is 3.09. The van der Waals surface area contributed by atoms with Gasteiger partial charge >= 0.3 is 0 Å². The van der Waals surface area contributed by atoms with Crippen LogP contribution in [0.3, 0.4) is 0 Å². The van der Waals surface area contributed by atoms with Gasteiger partial charge < -0.3 is 10.1 Å². The number of ketones is 1. The van der Waals surface area contributed by atoms with Gasteiger partial charge in [0.15, 0.2) is 10.9 Å². The first-order chi connectivity index (χ1) is 8.16. The number of hydrogen-bond donors (Lipinski definition) is 2. The number of ether oxygens (including phenoxy) is 1. The van der Waals surface area contributed by atoms with Gasteiger partial charge in [-0.25, -0.2) is 4.98 Å². The molecule has 1 atom stereocenters. The highest BCUT2D eigenvalue weighted by Gasteiger charge is 2.22. The maximum absolute atomic E-state index is 11.8. The Morgan fingerprint density at radius 2 is 2.47 bits per heavy atom. The zero-order valence-corrected chi connectivity index (χ0v) is 10.2. The van der Waals surface area contributed by atoms with Crippen LogP contribution in [-0.4, -0.2) is 42.5 Å². The van der Waals surface area contributed by atoms with Crippen LogP contribution < -0.4 is 10.6 Å². The van der Waals surface area contributed by atoms with E-state index in [2.05, 4.69) is 15.6 Å². The first-order valence-corrected chi connectivity index (χ1v) is 6.08. The standard InChI is InChI=1S/C10H13N3O3S/c1-6(14)8-5-12-10(17-8)13-9(15)7-4-11-2-3-16-7/h5,7,11H,2-4H2,1H3,(H,12,13,15). The van der Waals surface area contributed by atoms with Gasteiger partial charge in [0.25, 0.3) is 5.91 Å². The van der Waals surface area contributed by atoms with Crippen molar-refractivity contribution < 1.29 is 14.3 Å². The number of morpholine rings is 1. The van der Waals surface area contributed by atoms with E-state index in [0.29, 0.717) is 23.2 Å². The zero-order valence-electron chi connectivity index (χ0n) is 9.36. The van der Waals surface area contributed by atoms with Crippen LogP contribution in [0.25, 0.3) is 0 Å². The van der Waals surface area contributed by atoms with Crippen molar-refractivity contribution >= 4 is 28.2 Å². The van der Waals surface area contributed by atoms with Crippen LogP contribution in [-0.2, 0) is 9.53 Å². The number of aromatic nitrogens is 1. The first-order valence-electron chi connectivity index (χ1n) is 5.27. The summed E-state index contributed by atoms with van der Waals surface area (Å²) in [5, 5.41) is 6.13. The Labute approximate surface area is 102 Å². The maximum atomic E-state index is 11.8. The SMILES string of the molecule is CC(=O)c1cnc(NC(=O)C2CNCCO2)s1. The molecule has 0 saturated carbocycles. The van der Waals surface area contributed by atoms with Gasteiger partial charge in [-0.2, -0.15) is 0 Å². The van der Waals surface area contributed by atoms with Gasteiger partial charge in [-0.15, -0.1) is 0 Å². The molecule has 0 radical (unpaired) electrons. The lowest BCUT2D eigenvalue weighted by Crippen LogP contribution is -2.45. The minimum absolute atomic E-state index is 0.0569. The van der Waals surface area contributed by atoms with E-state index in [0.717, 1.165) is 17.9 Å². The van der Waals surface area contributed by atoms with Gasteiger partial charge in [0.1, 0.15) is 6.10 Å². The van der Waals surface area contributed by atoms with Crippen LogP contribution in [0, 0.1) is 0 Å². The molecule has 17 heavy (non-hydrogen) atoms. The molecule has 2 rings (SSSR count). The van der Waals surface area contributed by atoms with Crippen LogP contribution in [0.5, 0.6) is 0 Å². The molecule has 1 fully saturated rings. The number of amides is 1. The number of rotatable bonds is 3. The third-order valence-electron chi connectivity index (χ3n) is 2.30.